The lowest BCUT2D eigenvalue weighted by Gasteiger charge is -2.08. The molecule has 5 nitrogen and oxygen atoms in total. The number of aromatic amines is 1. The highest BCUT2D eigenvalue weighted by Crippen LogP contribution is 2.18. The molecule has 0 unspecified atom stereocenters. The maximum atomic E-state index is 12.0. The maximum absolute atomic E-state index is 12.0. The first-order chi connectivity index (χ1) is 8.65. The Labute approximate surface area is 104 Å². The Kier molecular flexibility index (Phi) is 2.38. The summed E-state index contributed by atoms with van der Waals surface area (Å²) >= 11 is 0. The number of nitrogens with zero attached hydrogens (tertiary/aromatic N) is 1. The summed E-state index contributed by atoms with van der Waals surface area (Å²) in [6.07, 6.45) is 4.78. The molecule has 0 aliphatic carbocycles. The molecule has 92 valence electrons. The second-order valence-corrected chi connectivity index (χ2v) is 5.48. The topological polar surface area (TPSA) is 66.9 Å². The molecule has 2 N–H and O–H groups in total. The second kappa shape index (κ2) is 3.92. The summed E-state index contributed by atoms with van der Waals surface area (Å²) in [5.41, 5.74) is 1.42. The molecule has 0 saturated carbocycles. The molecule has 0 amide bonds. The average molecular weight is 261 g/mol. The molecule has 2 aromatic heterocycles. The fraction of sp³-hybridized carbons (Fsp3) is 0. The molecule has 3 aromatic rings. The molecular weight excluding hydrogens is 250 g/mol. The maximum Gasteiger partial charge on any atom is 0.327 e. The number of nitrogens with one attached hydrogen (secondary N) is 2. The predicted octanol–water partition coefficient (Wildman–Crippen LogP) is 2.17. The van der Waals surface area contributed by atoms with Crippen molar-refractivity contribution in [3.63, 3.8) is 0 Å². The molecule has 0 fully saturated rings. The number of rotatable bonds is 3. The summed E-state index contributed by atoms with van der Waals surface area (Å²) in [7, 11) is -3.57. The first-order valence-corrected chi connectivity index (χ1v) is 6.83. The first-order valence-electron chi connectivity index (χ1n) is 5.39. The van der Waals surface area contributed by atoms with E-state index in [4.69, 9.17) is 0 Å². The van der Waals surface area contributed by atoms with Crippen molar-refractivity contribution in [3.05, 3.63) is 55.0 Å². The SMILES string of the molecule is O=S(=O)(Nc1ccc2cc[nH]c2c1)n1cccc1. The summed E-state index contributed by atoms with van der Waals surface area (Å²) in [6, 6.07) is 10.6. The van der Waals surface area contributed by atoms with Gasteiger partial charge in [0, 0.05) is 24.1 Å². The normalized spacial score (nSPS) is 11.8. The quantitative estimate of drug-likeness (QED) is 0.758. The lowest BCUT2D eigenvalue weighted by atomic mass is 10.2. The first kappa shape index (κ1) is 10.9. The lowest BCUT2D eigenvalue weighted by Crippen LogP contribution is -2.19. The standard InChI is InChI=1S/C12H11N3O2S/c16-18(17,15-7-1-2-8-15)14-11-4-3-10-5-6-13-12(10)9-11/h1-9,13-14H. The van der Waals surface area contributed by atoms with Crippen molar-refractivity contribution < 1.29 is 8.42 Å². The molecule has 0 saturated heterocycles. The third kappa shape index (κ3) is 1.86. The number of H-pyrrole nitrogens is 1. The molecule has 3 rings (SSSR count). The van der Waals surface area contributed by atoms with Gasteiger partial charge in [0.2, 0.25) is 0 Å². The Hall–Kier alpha value is -2.21. The van der Waals surface area contributed by atoms with Gasteiger partial charge in [-0.25, -0.2) is 3.97 Å². The van der Waals surface area contributed by atoms with Crippen LogP contribution in [0.25, 0.3) is 10.9 Å². The van der Waals surface area contributed by atoms with E-state index in [1.54, 1.807) is 24.3 Å². The smallest absolute Gasteiger partial charge is 0.327 e. The number of fused-ring (bicyclic) bond motifs is 1. The monoisotopic (exact) mass is 261 g/mol. The van der Waals surface area contributed by atoms with Crippen molar-refractivity contribution in [3.8, 4) is 0 Å². The van der Waals surface area contributed by atoms with Gasteiger partial charge in [0.25, 0.3) is 0 Å². The van der Waals surface area contributed by atoms with Crippen LogP contribution in [0.4, 0.5) is 5.69 Å². The number of hydrogen-bond acceptors (Lipinski definition) is 2. The van der Waals surface area contributed by atoms with E-state index in [0.717, 1.165) is 14.9 Å². The van der Waals surface area contributed by atoms with E-state index in [0.29, 0.717) is 5.69 Å². The number of aromatic nitrogens is 2. The van der Waals surface area contributed by atoms with Gasteiger partial charge >= 0.3 is 10.2 Å². The van der Waals surface area contributed by atoms with Gasteiger partial charge in [-0.2, -0.15) is 8.42 Å². The van der Waals surface area contributed by atoms with Gasteiger partial charge in [0.1, 0.15) is 0 Å². The second-order valence-electron chi connectivity index (χ2n) is 3.90. The van der Waals surface area contributed by atoms with Crippen LogP contribution in [0.3, 0.4) is 0 Å². The molecule has 1 aromatic carbocycles. The number of hydrogen-bond donors (Lipinski definition) is 2. The zero-order chi connectivity index (χ0) is 12.6. The molecule has 2 heterocycles. The van der Waals surface area contributed by atoms with Gasteiger partial charge < -0.3 is 4.98 Å². The van der Waals surface area contributed by atoms with Crippen LogP contribution in [-0.2, 0) is 10.2 Å². The highest BCUT2D eigenvalue weighted by Gasteiger charge is 2.11. The molecule has 0 aliphatic heterocycles. The molecule has 0 spiro atoms. The van der Waals surface area contributed by atoms with Gasteiger partial charge in [0.15, 0.2) is 0 Å². The van der Waals surface area contributed by atoms with Gasteiger partial charge in [0.05, 0.1) is 5.69 Å². The van der Waals surface area contributed by atoms with Gasteiger partial charge in [-0.1, -0.05) is 6.07 Å². The van der Waals surface area contributed by atoms with Crippen LogP contribution in [0.2, 0.25) is 0 Å². The van der Waals surface area contributed by atoms with Crippen molar-refractivity contribution in [1.82, 2.24) is 8.96 Å². The minimum Gasteiger partial charge on any atom is -0.361 e. The molecule has 0 aliphatic rings. The largest absolute Gasteiger partial charge is 0.361 e. The third-order valence-corrected chi connectivity index (χ3v) is 3.95. The van der Waals surface area contributed by atoms with Gasteiger partial charge in [-0.05, 0) is 35.7 Å². The van der Waals surface area contributed by atoms with E-state index in [1.165, 1.54) is 12.4 Å². The van der Waals surface area contributed by atoms with Crippen LogP contribution < -0.4 is 4.72 Å². The minimum absolute atomic E-state index is 0.527. The highest BCUT2D eigenvalue weighted by atomic mass is 32.2. The summed E-state index contributed by atoms with van der Waals surface area (Å²) < 4.78 is 27.6. The van der Waals surface area contributed by atoms with Crippen LogP contribution in [0.1, 0.15) is 0 Å². The van der Waals surface area contributed by atoms with Crippen molar-refractivity contribution >= 4 is 26.8 Å². The zero-order valence-corrected chi connectivity index (χ0v) is 10.2. The van der Waals surface area contributed by atoms with E-state index in [2.05, 4.69) is 9.71 Å². The molecule has 0 radical (unpaired) electrons. The minimum atomic E-state index is -3.57. The fourth-order valence-electron chi connectivity index (χ4n) is 1.79. The van der Waals surface area contributed by atoms with Gasteiger partial charge in [-0.15, -0.1) is 0 Å². The third-order valence-electron chi connectivity index (χ3n) is 2.66. The van der Waals surface area contributed by atoms with E-state index in [1.807, 2.05) is 18.3 Å². The van der Waals surface area contributed by atoms with Crippen molar-refractivity contribution in [1.29, 1.82) is 0 Å². The molecule has 6 heteroatoms. The summed E-state index contributed by atoms with van der Waals surface area (Å²) in [5, 5.41) is 1.04. The lowest BCUT2D eigenvalue weighted by molar-refractivity contribution is 0.593. The summed E-state index contributed by atoms with van der Waals surface area (Å²) in [6.45, 7) is 0. The van der Waals surface area contributed by atoms with Crippen LogP contribution in [-0.4, -0.2) is 17.4 Å². The van der Waals surface area contributed by atoms with Crippen LogP contribution in [0.5, 0.6) is 0 Å². The van der Waals surface area contributed by atoms with Crippen molar-refractivity contribution in [2.24, 2.45) is 0 Å². The van der Waals surface area contributed by atoms with Crippen LogP contribution in [0, 0.1) is 0 Å². The van der Waals surface area contributed by atoms with E-state index in [9.17, 15) is 8.42 Å². The van der Waals surface area contributed by atoms with E-state index < -0.39 is 10.2 Å². The van der Waals surface area contributed by atoms with Crippen LogP contribution in [0.15, 0.2) is 55.0 Å². The van der Waals surface area contributed by atoms with Crippen molar-refractivity contribution in [2.75, 3.05) is 4.72 Å². The molecule has 18 heavy (non-hydrogen) atoms. The molecule has 0 bridgehead atoms. The summed E-state index contributed by atoms with van der Waals surface area (Å²) in [5.74, 6) is 0. The van der Waals surface area contributed by atoms with Crippen molar-refractivity contribution in [2.45, 2.75) is 0 Å². The van der Waals surface area contributed by atoms with E-state index >= 15 is 0 Å². The number of anilines is 1. The zero-order valence-electron chi connectivity index (χ0n) is 9.37. The average Bonchev–Trinajstić information content (AvgIpc) is 2.99. The Morgan fingerprint density at radius 2 is 1.89 bits per heavy atom. The molecular formula is C12H11N3O2S. The van der Waals surface area contributed by atoms with Gasteiger partial charge in [-0.3, -0.25) is 4.72 Å². The fourth-order valence-corrected chi connectivity index (χ4v) is 2.78. The Bertz CT molecular complexity index is 773. The highest BCUT2D eigenvalue weighted by molar-refractivity contribution is 7.91. The Morgan fingerprint density at radius 1 is 1.11 bits per heavy atom. The Balaban J connectivity index is 1.97. The number of benzene rings is 1. The summed E-state index contributed by atoms with van der Waals surface area (Å²) in [4.78, 5) is 3.04. The molecule has 0 atom stereocenters. The van der Waals surface area contributed by atoms with E-state index in [-0.39, 0.29) is 0 Å². The Morgan fingerprint density at radius 3 is 2.67 bits per heavy atom. The predicted molar refractivity (Wildman–Crippen MR) is 70.7 cm³/mol. The van der Waals surface area contributed by atoms with Crippen LogP contribution >= 0.6 is 0 Å².